The third-order valence-electron chi connectivity index (χ3n) is 2.96. The fraction of sp³-hybridized carbons (Fsp3) is 0.0667. The Balaban J connectivity index is 1.81. The van der Waals surface area contributed by atoms with Crippen LogP contribution in [0.15, 0.2) is 60.7 Å². The summed E-state index contributed by atoms with van der Waals surface area (Å²) in [5.74, 6) is -0.218. The average Bonchev–Trinajstić information content (AvgIpc) is 2.77. The molecule has 0 aromatic heterocycles. The van der Waals surface area contributed by atoms with E-state index >= 15 is 0 Å². The van der Waals surface area contributed by atoms with Crippen LogP contribution in [-0.4, -0.2) is 16.1 Å². The molecule has 1 amide bonds. The molecule has 0 bridgehead atoms. The number of amides is 1. The Bertz CT molecular complexity index is 631. The molecule has 0 aliphatic carbocycles. The molecule has 0 spiro atoms. The molecule has 0 radical (unpaired) electrons. The summed E-state index contributed by atoms with van der Waals surface area (Å²) in [6, 6.07) is 18.7. The number of hydrogen-bond acceptors (Lipinski definition) is 4. The summed E-state index contributed by atoms with van der Waals surface area (Å²) in [7, 11) is 0. The predicted octanol–water partition coefficient (Wildman–Crippen LogP) is 2.90. The number of nitrogens with zero attached hydrogens (tertiary/aromatic N) is 1. The number of nitrogens with one attached hydrogen (secondary N) is 1. The van der Waals surface area contributed by atoms with Crippen molar-refractivity contribution in [1.82, 2.24) is 5.01 Å². The second-order valence-electron chi connectivity index (χ2n) is 4.33. The normalized spacial score (nSPS) is 18.0. The lowest BCUT2D eigenvalue weighted by Gasteiger charge is -2.15. The number of thiocarbonyl (C=S) groups is 1. The van der Waals surface area contributed by atoms with E-state index in [0.29, 0.717) is 0 Å². The van der Waals surface area contributed by atoms with Gasteiger partial charge in [-0.3, -0.25) is 10.2 Å². The quantitative estimate of drug-likeness (QED) is 0.880. The van der Waals surface area contributed by atoms with Gasteiger partial charge in [-0.2, -0.15) is 5.01 Å². The molecule has 1 saturated heterocycles. The smallest absolute Gasteiger partial charge is 0.294 e. The maximum atomic E-state index is 12.4. The molecule has 1 aliphatic rings. The molecule has 1 N–H and O–H groups in total. The first-order valence-corrected chi connectivity index (χ1v) is 6.58. The molecular weight excluding hydrogens is 272 g/mol. The largest absolute Gasteiger partial charge is 0.451 e. The Morgan fingerprint density at radius 3 is 2.25 bits per heavy atom. The number of carbonyl (C=O) groups excluding carboxylic acids is 1. The van der Waals surface area contributed by atoms with Gasteiger partial charge < -0.3 is 4.74 Å². The van der Waals surface area contributed by atoms with E-state index in [-0.39, 0.29) is 11.1 Å². The molecule has 0 saturated carbocycles. The first-order chi connectivity index (χ1) is 9.75. The lowest BCUT2D eigenvalue weighted by molar-refractivity contribution is -0.129. The van der Waals surface area contributed by atoms with Crippen molar-refractivity contribution in [3.63, 3.8) is 0 Å². The van der Waals surface area contributed by atoms with Gasteiger partial charge in [0.05, 0.1) is 5.69 Å². The zero-order chi connectivity index (χ0) is 13.9. The van der Waals surface area contributed by atoms with Crippen LogP contribution in [0.4, 0.5) is 5.69 Å². The van der Waals surface area contributed by atoms with Gasteiger partial charge in [0.15, 0.2) is 0 Å². The molecule has 5 heteroatoms. The molecule has 100 valence electrons. The molecule has 1 fully saturated rings. The van der Waals surface area contributed by atoms with Crippen molar-refractivity contribution in [2.45, 2.75) is 6.10 Å². The van der Waals surface area contributed by atoms with Crippen LogP contribution in [0.3, 0.4) is 0 Å². The fourth-order valence-electron chi connectivity index (χ4n) is 1.99. The summed E-state index contributed by atoms with van der Waals surface area (Å²) >= 11 is 5.11. The zero-order valence-corrected chi connectivity index (χ0v) is 11.3. The standard InChI is InChI=1S/C15H12N2O2S/c18-14-13(11-7-3-1-4-8-11)19-15(20)17(14)16-12-9-5-2-6-10-12/h1-10,13,16H. The van der Waals surface area contributed by atoms with Crippen molar-refractivity contribution < 1.29 is 9.53 Å². The molecule has 1 unspecified atom stereocenters. The van der Waals surface area contributed by atoms with Crippen molar-refractivity contribution in [3.8, 4) is 0 Å². The number of para-hydroxylation sites is 1. The number of rotatable bonds is 3. The van der Waals surface area contributed by atoms with Gasteiger partial charge in [0.1, 0.15) is 0 Å². The molecule has 1 heterocycles. The average molecular weight is 284 g/mol. The second kappa shape index (κ2) is 5.30. The van der Waals surface area contributed by atoms with E-state index < -0.39 is 6.10 Å². The number of hydrogen-bond donors (Lipinski definition) is 1. The van der Waals surface area contributed by atoms with Crippen LogP contribution in [0.25, 0.3) is 0 Å². The van der Waals surface area contributed by atoms with Gasteiger partial charge in [0.25, 0.3) is 11.1 Å². The Hall–Kier alpha value is -2.40. The Labute approximate surface area is 121 Å². The number of anilines is 1. The van der Waals surface area contributed by atoms with Crippen molar-refractivity contribution in [2.75, 3.05) is 5.43 Å². The van der Waals surface area contributed by atoms with Crippen molar-refractivity contribution in [2.24, 2.45) is 0 Å². The first-order valence-electron chi connectivity index (χ1n) is 6.17. The molecule has 4 nitrogen and oxygen atoms in total. The van der Waals surface area contributed by atoms with Crippen LogP contribution < -0.4 is 5.43 Å². The van der Waals surface area contributed by atoms with E-state index in [1.165, 1.54) is 5.01 Å². The van der Waals surface area contributed by atoms with Crippen LogP contribution >= 0.6 is 12.2 Å². The molecule has 1 atom stereocenters. The van der Waals surface area contributed by atoms with Gasteiger partial charge in [-0.25, -0.2) is 0 Å². The molecule has 2 aromatic carbocycles. The third-order valence-corrected chi connectivity index (χ3v) is 3.24. The van der Waals surface area contributed by atoms with Crippen molar-refractivity contribution >= 4 is 29.0 Å². The number of ether oxygens (including phenoxy) is 1. The van der Waals surface area contributed by atoms with E-state index in [0.717, 1.165) is 11.3 Å². The van der Waals surface area contributed by atoms with Gasteiger partial charge in [-0.1, -0.05) is 48.5 Å². The van der Waals surface area contributed by atoms with Crippen LogP contribution in [-0.2, 0) is 9.53 Å². The summed E-state index contributed by atoms with van der Waals surface area (Å²) < 4.78 is 5.49. The van der Waals surface area contributed by atoms with Gasteiger partial charge >= 0.3 is 0 Å². The molecular formula is C15H12N2O2S. The molecule has 2 aromatic rings. The highest BCUT2D eigenvalue weighted by molar-refractivity contribution is 7.80. The Morgan fingerprint density at radius 2 is 1.60 bits per heavy atom. The summed E-state index contributed by atoms with van der Waals surface area (Å²) in [5, 5.41) is 1.40. The summed E-state index contributed by atoms with van der Waals surface area (Å²) in [4.78, 5) is 12.4. The lowest BCUT2D eigenvalue weighted by Crippen LogP contribution is -2.35. The Kier molecular flexibility index (Phi) is 3.35. The summed E-state index contributed by atoms with van der Waals surface area (Å²) in [6.07, 6.45) is -0.681. The molecule has 20 heavy (non-hydrogen) atoms. The van der Waals surface area contributed by atoms with E-state index in [4.69, 9.17) is 17.0 Å². The zero-order valence-electron chi connectivity index (χ0n) is 10.5. The monoisotopic (exact) mass is 284 g/mol. The summed E-state index contributed by atoms with van der Waals surface area (Å²) in [5.41, 5.74) is 4.53. The Morgan fingerprint density at radius 1 is 1.00 bits per heavy atom. The molecule has 3 rings (SSSR count). The highest BCUT2D eigenvalue weighted by Gasteiger charge is 2.39. The fourth-order valence-corrected chi connectivity index (χ4v) is 2.22. The van der Waals surface area contributed by atoms with Crippen LogP contribution in [0.1, 0.15) is 11.7 Å². The van der Waals surface area contributed by atoms with Crippen LogP contribution in [0.2, 0.25) is 0 Å². The minimum Gasteiger partial charge on any atom is -0.451 e. The SMILES string of the molecule is O=C1C(c2ccccc2)OC(=S)N1Nc1ccccc1. The first kappa shape index (κ1) is 12.6. The van der Waals surface area contributed by atoms with E-state index in [1.807, 2.05) is 60.7 Å². The topological polar surface area (TPSA) is 41.6 Å². The van der Waals surface area contributed by atoms with E-state index in [9.17, 15) is 4.79 Å². The third kappa shape index (κ3) is 2.35. The second-order valence-corrected chi connectivity index (χ2v) is 4.68. The lowest BCUT2D eigenvalue weighted by atomic mass is 10.1. The highest BCUT2D eigenvalue weighted by Crippen LogP contribution is 2.27. The van der Waals surface area contributed by atoms with Gasteiger partial charge in [0.2, 0.25) is 6.10 Å². The predicted molar refractivity (Wildman–Crippen MR) is 79.8 cm³/mol. The number of carbonyl (C=O) groups is 1. The van der Waals surface area contributed by atoms with Crippen LogP contribution in [0, 0.1) is 0 Å². The van der Waals surface area contributed by atoms with Gasteiger partial charge in [0, 0.05) is 5.56 Å². The maximum Gasteiger partial charge on any atom is 0.294 e. The summed E-state index contributed by atoms with van der Waals surface area (Å²) in [6.45, 7) is 0. The van der Waals surface area contributed by atoms with Gasteiger partial charge in [-0.05, 0) is 24.4 Å². The highest BCUT2D eigenvalue weighted by atomic mass is 32.1. The van der Waals surface area contributed by atoms with E-state index in [1.54, 1.807) is 0 Å². The minimum absolute atomic E-state index is 0.132. The van der Waals surface area contributed by atoms with E-state index in [2.05, 4.69) is 5.43 Å². The maximum absolute atomic E-state index is 12.4. The van der Waals surface area contributed by atoms with Crippen molar-refractivity contribution in [1.29, 1.82) is 0 Å². The molecule has 1 aliphatic heterocycles. The minimum atomic E-state index is -0.681. The van der Waals surface area contributed by atoms with Gasteiger partial charge in [-0.15, -0.1) is 0 Å². The number of hydrazine groups is 1. The van der Waals surface area contributed by atoms with Crippen LogP contribution in [0.5, 0.6) is 0 Å². The van der Waals surface area contributed by atoms with Crippen molar-refractivity contribution in [3.05, 3.63) is 66.2 Å². The number of benzene rings is 2.